The lowest BCUT2D eigenvalue weighted by Crippen LogP contribution is -2.49. The van der Waals surface area contributed by atoms with Crippen LogP contribution < -0.4 is 10.5 Å². The summed E-state index contributed by atoms with van der Waals surface area (Å²) in [6.07, 6.45) is 1.62. The van der Waals surface area contributed by atoms with Gasteiger partial charge in [0.15, 0.2) is 0 Å². The molecule has 3 heterocycles. The van der Waals surface area contributed by atoms with E-state index >= 15 is 0 Å². The largest absolute Gasteiger partial charge is 0.365 e. The number of rotatable bonds is 3. The van der Waals surface area contributed by atoms with Crippen LogP contribution in [0.2, 0.25) is 5.02 Å². The number of amides is 1. The van der Waals surface area contributed by atoms with Gasteiger partial charge in [-0.1, -0.05) is 48.0 Å². The molecule has 5 rings (SSSR count). The molecule has 8 heteroatoms. The van der Waals surface area contributed by atoms with Crippen LogP contribution in [0, 0.1) is 0 Å². The third-order valence-corrected chi connectivity index (χ3v) is 5.92. The molecule has 7 nitrogen and oxygen atoms in total. The maximum atomic E-state index is 12.9. The summed E-state index contributed by atoms with van der Waals surface area (Å²) in [4.78, 5) is 32.7. The van der Waals surface area contributed by atoms with Crippen LogP contribution in [0.25, 0.3) is 16.6 Å². The van der Waals surface area contributed by atoms with Gasteiger partial charge < -0.3 is 14.8 Å². The molecule has 2 aromatic heterocycles. The number of carbonyl (C=O) groups excluding carboxylic acids is 1. The molecule has 0 atom stereocenters. The van der Waals surface area contributed by atoms with Crippen LogP contribution in [0.3, 0.4) is 0 Å². The average Bonchev–Trinajstić information content (AvgIpc) is 3.25. The van der Waals surface area contributed by atoms with E-state index in [1.54, 1.807) is 18.3 Å². The minimum atomic E-state index is -0.359. The fourth-order valence-corrected chi connectivity index (χ4v) is 4.16. The van der Waals surface area contributed by atoms with Gasteiger partial charge in [0, 0.05) is 37.1 Å². The van der Waals surface area contributed by atoms with Crippen molar-refractivity contribution >= 4 is 34.1 Å². The van der Waals surface area contributed by atoms with E-state index < -0.39 is 0 Å². The number of nitrogens with one attached hydrogen (secondary N) is 1. The Kier molecular flexibility index (Phi) is 4.95. The second-order valence-corrected chi connectivity index (χ2v) is 7.82. The van der Waals surface area contributed by atoms with Gasteiger partial charge in [-0.15, -0.1) is 0 Å². The highest BCUT2D eigenvalue weighted by molar-refractivity contribution is 6.33. The average molecular weight is 434 g/mol. The fourth-order valence-electron chi connectivity index (χ4n) is 3.91. The SMILES string of the molecule is O=C(c1cc2ccccc2[nH]1)N1CCN(c2cnn(-c3ccccc3)c(=O)c2Cl)CC1. The lowest BCUT2D eigenvalue weighted by atomic mass is 10.2. The number of hydrogen-bond donors (Lipinski definition) is 1. The Morgan fingerprint density at radius 2 is 1.68 bits per heavy atom. The van der Waals surface area contributed by atoms with E-state index in [2.05, 4.69) is 10.1 Å². The Hall–Kier alpha value is -3.58. The summed E-state index contributed by atoms with van der Waals surface area (Å²) in [5.74, 6) is -0.0282. The lowest BCUT2D eigenvalue weighted by Gasteiger charge is -2.36. The van der Waals surface area contributed by atoms with Crippen LogP contribution in [0.5, 0.6) is 0 Å². The number of H-pyrrole nitrogens is 1. The molecule has 31 heavy (non-hydrogen) atoms. The van der Waals surface area contributed by atoms with Gasteiger partial charge in [-0.2, -0.15) is 9.78 Å². The zero-order valence-corrected chi connectivity index (χ0v) is 17.4. The Labute approximate surface area is 183 Å². The topological polar surface area (TPSA) is 74.2 Å². The first-order valence-electron chi connectivity index (χ1n) is 10.1. The quantitative estimate of drug-likeness (QED) is 0.537. The summed E-state index contributed by atoms with van der Waals surface area (Å²) >= 11 is 6.42. The molecule has 156 valence electrons. The van der Waals surface area contributed by atoms with Gasteiger partial charge in [0.05, 0.1) is 17.6 Å². The Morgan fingerprint density at radius 3 is 2.42 bits per heavy atom. The van der Waals surface area contributed by atoms with Gasteiger partial charge in [-0.3, -0.25) is 9.59 Å². The fraction of sp³-hybridized carbons (Fsp3) is 0.174. The molecule has 0 spiro atoms. The first-order chi connectivity index (χ1) is 15.1. The predicted octanol–water partition coefficient (Wildman–Crippen LogP) is 3.33. The van der Waals surface area contributed by atoms with Crippen molar-refractivity contribution in [1.82, 2.24) is 19.7 Å². The molecule has 1 saturated heterocycles. The lowest BCUT2D eigenvalue weighted by molar-refractivity contribution is 0.0742. The summed E-state index contributed by atoms with van der Waals surface area (Å²) in [7, 11) is 0. The summed E-state index contributed by atoms with van der Waals surface area (Å²) in [6, 6.07) is 18.9. The molecule has 1 amide bonds. The molecule has 0 unspecified atom stereocenters. The minimum Gasteiger partial charge on any atom is -0.365 e. The zero-order chi connectivity index (χ0) is 21.4. The van der Waals surface area contributed by atoms with Gasteiger partial charge >= 0.3 is 0 Å². The normalized spacial score (nSPS) is 14.2. The van der Waals surface area contributed by atoms with E-state index in [4.69, 9.17) is 11.6 Å². The zero-order valence-electron chi connectivity index (χ0n) is 16.7. The van der Waals surface area contributed by atoms with E-state index in [-0.39, 0.29) is 16.5 Å². The van der Waals surface area contributed by atoms with E-state index in [0.717, 1.165) is 10.9 Å². The second-order valence-electron chi connectivity index (χ2n) is 7.45. The summed E-state index contributed by atoms with van der Waals surface area (Å²) < 4.78 is 1.29. The molecular formula is C23H20ClN5O2. The highest BCUT2D eigenvalue weighted by Crippen LogP contribution is 2.24. The number of halogens is 1. The van der Waals surface area contributed by atoms with E-state index in [9.17, 15) is 9.59 Å². The van der Waals surface area contributed by atoms with Crippen LogP contribution in [-0.4, -0.2) is 51.8 Å². The Balaban J connectivity index is 1.32. The minimum absolute atomic E-state index is 0.0282. The monoisotopic (exact) mass is 433 g/mol. The summed E-state index contributed by atoms with van der Waals surface area (Å²) in [5.41, 5.74) is 2.43. The summed E-state index contributed by atoms with van der Waals surface area (Å²) in [5, 5.41) is 5.45. The van der Waals surface area contributed by atoms with Crippen LogP contribution >= 0.6 is 11.6 Å². The first-order valence-corrected chi connectivity index (χ1v) is 10.4. The van der Waals surface area contributed by atoms with Crippen molar-refractivity contribution in [3.05, 3.63) is 87.9 Å². The first kappa shape index (κ1) is 19.4. The molecule has 4 aromatic rings. The molecule has 1 aliphatic rings. The second kappa shape index (κ2) is 7.92. The van der Waals surface area contributed by atoms with Crippen molar-refractivity contribution in [2.75, 3.05) is 31.1 Å². The Morgan fingerprint density at radius 1 is 0.968 bits per heavy atom. The van der Waals surface area contributed by atoms with Crippen LogP contribution in [0.1, 0.15) is 10.5 Å². The molecule has 0 aliphatic carbocycles. The Bertz CT molecular complexity index is 1270. The van der Waals surface area contributed by atoms with Crippen LogP contribution in [0.4, 0.5) is 5.69 Å². The number of aromatic nitrogens is 3. The number of benzene rings is 2. The van der Waals surface area contributed by atoms with Crippen LogP contribution in [-0.2, 0) is 0 Å². The third-order valence-electron chi connectivity index (χ3n) is 5.57. The number of nitrogens with zero attached hydrogens (tertiary/aromatic N) is 4. The molecule has 0 saturated carbocycles. The highest BCUT2D eigenvalue weighted by atomic mass is 35.5. The van der Waals surface area contributed by atoms with Crippen molar-refractivity contribution < 1.29 is 4.79 Å². The predicted molar refractivity (Wildman–Crippen MR) is 121 cm³/mol. The number of para-hydroxylation sites is 2. The van der Waals surface area contributed by atoms with Crippen molar-refractivity contribution in [2.45, 2.75) is 0 Å². The maximum Gasteiger partial charge on any atom is 0.292 e. The molecule has 1 N–H and O–H groups in total. The van der Waals surface area contributed by atoms with E-state index in [0.29, 0.717) is 43.2 Å². The number of piperazine rings is 1. The number of fused-ring (bicyclic) bond motifs is 1. The molecule has 1 aliphatic heterocycles. The number of carbonyl (C=O) groups is 1. The summed E-state index contributed by atoms with van der Waals surface area (Å²) in [6.45, 7) is 2.21. The number of hydrogen-bond acceptors (Lipinski definition) is 4. The van der Waals surface area contributed by atoms with Crippen LogP contribution in [0.15, 0.2) is 71.7 Å². The van der Waals surface area contributed by atoms with Gasteiger partial charge in [0.1, 0.15) is 10.7 Å². The molecular weight excluding hydrogens is 414 g/mol. The van der Waals surface area contributed by atoms with E-state index in [1.165, 1.54) is 4.68 Å². The van der Waals surface area contributed by atoms with Crippen molar-refractivity contribution in [3.63, 3.8) is 0 Å². The maximum absolute atomic E-state index is 12.9. The van der Waals surface area contributed by atoms with Crippen molar-refractivity contribution in [1.29, 1.82) is 0 Å². The van der Waals surface area contributed by atoms with Gasteiger partial charge in [0.25, 0.3) is 11.5 Å². The van der Waals surface area contributed by atoms with Gasteiger partial charge in [-0.05, 0) is 24.3 Å². The van der Waals surface area contributed by atoms with Crippen molar-refractivity contribution in [2.24, 2.45) is 0 Å². The van der Waals surface area contributed by atoms with Gasteiger partial charge in [0.2, 0.25) is 0 Å². The van der Waals surface area contributed by atoms with E-state index in [1.807, 2.05) is 58.3 Å². The molecule has 2 aromatic carbocycles. The molecule has 0 bridgehead atoms. The smallest absolute Gasteiger partial charge is 0.292 e. The molecule has 0 radical (unpaired) electrons. The molecule has 1 fully saturated rings. The number of anilines is 1. The number of aromatic amines is 1. The third kappa shape index (κ3) is 3.57. The van der Waals surface area contributed by atoms with Crippen molar-refractivity contribution in [3.8, 4) is 5.69 Å². The highest BCUT2D eigenvalue weighted by Gasteiger charge is 2.25. The standard InChI is InChI=1S/C23H20ClN5O2/c24-21-20(15-25-29(23(21)31)17-7-2-1-3-8-17)27-10-12-28(13-11-27)22(30)19-14-16-6-4-5-9-18(16)26-19/h1-9,14-15,26H,10-13H2. The van der Waals surface area contributed by atoms with Gasteiger partial charge in [-0.25, -0.2) is 0 Å².